The molecule has 2 aliphatic carbocycles. The summed E-state index contributed by atoms with van der Waals surface area (Å²) >= 11 is 3.66. The highest BCUT2D eigenvalue weighted by atomic mass is 79.9. The lowest BCUT2D eigenvalue weighted by atomic mass is 9.92. The van der Waals surface area contributed by atoms with Gasteiger partial charge in [-0.05, 0) is 25.7 Å². The summed E-state index contributed by atoms with van der Waals surface area (Å²) in [6.45, 7) is 1.27. The molecule has 0 heterocycles. The molecule has 0 unspecified atom stereocenters. The molecule has 0 aromatic rings. The monoisotopic (exact) mass is 301 g/mol. The Kier molecular flexibility index (Phi) is 6.35. The van der Waals surface area contributed by atoms with Crippen molar-refractivity contribution in [2.75, 3.05) is 11.9 Å². The van der Waals surface area contributed by atoms with Crippen LogP contribution in [0.25, 0.3) is 0 Å². The van der Waals surface area contributed by atoms with Gasteiger partial charge in [0.15, 0.2) is 0 Å². The average Bonchev–Trinajstić information content (AvgIpc) is 2.66. The minimum atomic E-state index is 0.901. The van der Waals surface area contributed by atoms with Crippen LogP contribution >= 0.6 is 15.9 Å². The second-order valence-electron chi connectivity index (χ2n) is 5.86. The molecule has 2 saturated carbocycles. The van der Waals surface area contributed by atoms with Crippen molar-refractivity contribution in [3.63, 3.8) is 0 Å². The van der Waals surface area contributed by atoms with Crippen LogP contribution in [-0.4, -0.2) is 28.9 Å². The van der Waals surface area contributed by atoms with E-state index in [4.69, 9.17) is 0 Å². The zero-order chi connectivity index (χ0) is 11.9. The van der Waals surface area contributed by atoms with Crippen molar-refractivity contribution in [2.24, 2.45) is 0 Å². The molecule has 2 heteroatoms. The number of nitrogens with zero attached hydrogens (tertiary/aromatic N) is 1. The van der Waals surface area contributed by atoms with E-state index in [1.807, 2.05) is 0 Å². The van der Waals surface area contributed by atoms with Crippen LogP contribution in [0.4, 0.5) is 0 Å². The van der Waals surface area contributed by atoms with Crippen LogP contribution in [-0.2, 0) is 0 Å². The summed E-state index contributed by atoms with van der Waals surface area (Å²) in [7, 11) is 0. The van der Waals surface area contributed by atoms with E-state index in [0.717, 1.165) is 17.4 Å². The highest BCUT2D eigenvalue weighted by molar-refractivity contribution is 9.09. The molecular formula is C15H28BrN. The van der Waals surface area contributed by atoms with Crippen LogP contribution in [0.2, 0.25) is 0 Å². The van der Waals surface area contributed by atoms with Crippen molar-refractivity contribution in [1.29, 1.82) is 0 Å². The van der Waals surface area contributed by atoms with Crippen LogP contribution in [0.3, 0.4) is 0 Å². The largest absolute Gasteiger partial charge is 0.297 e. The molecule has 0 atom stereocenters. The van der Waals surface area contributed by atoms with Gasteiger partial charge < -0.3 is 0 Å². The first-order chi connectivity index (χ1) is 8.42. The maximum atomic E-state index is 3.66. The van der Waals surface area contributed by atoms with E-state index in [1.165, 1.54) is 77.2 Å². The van der Waals surface area contributed by atoms with Gasteiger partial charge in [-0.25, -0.2) is 0 Å². The van der Waals surface area contributed by atoms with Crippen LogP contribution in [0, 0.1) is 0 Å². The minimum Gasteiger partial charge on any atom is -0.297 e. The highest BCUT2D eigenvalue weighted by Crippen LogP contribution is 2.29. The first-order valence-corrected chi connectivity index (χ1v) is 8.85. The van der Waals surface area contributed by atoms with Crippen LogP contribution in [0.15, 0.2) is 0 Å². The zero-order valence-corrected chi connectivity index (χ0v) is 12.8. The lowest BCUT2D eigenvalue weighted by Crippen LogP contribution is -2.45. The van der Waals surface area contributed by atoms with E-state index in [2.05, 4.69) is 20.8 Å². The maximum Gasteiger partial charge on any atom is 0.0159 e. The third kappa shape index (κ3) is 4.24. The Morgan fingerprint density at radius 1 is 0.706 bits per heavy atom. The van der Waals surface area contributed by atoms with E-state index in [1.54, 1.807) is 0 Å². The minimum absolute atomic E-state index is 0.901. The van der Waals surface area contributed by atoms with Gasteiger partial charge in [-0.2, -0.15) is 0 Å². The summed E-state index contributed by atoms with van der Waals surface area (Å²) in [5.41, 5.74) is 0. The van der Waals surface area contributed by atoms with Crippen molar-refractivity contribution in [3.8, 4) is 0 Å². The quantitative estimate of drug-likeness (QED) is 0.535. The van der Waals surface area contributed by atoms with Gasteiger partial charge in [0.1, 0.15) is 0 Å². The molecular weight excluding hydrogens is 274 g/mol. The van der Waals surface area contributed by atoms with Crippen LogP contribution in [0.1, 0.15) is 70.6 Å². The van der Waals surface area contributed by atoms with Gasteiger partial charge in [0, 0.05) is 24.0 Å². The van der Waals surface area contributed by atoms with Gasteiger partial charge in [-0.3, -0.25) is 4.90 Å². The predicted octanol–water partition coefficient (Wildman–Crippen LogP) is 4.74. The normalized spacial score (nSPS) is 25.1. The Hall–Kier alpha value is 0.440. The lowest BCUT2D eigenvalue weighted by Gasteiger charge is -2.39. The summed E-state index contributed by atoms with van der Waals surface area (Å²) in [5, 5.41) is 1.15. The Morgan fingerprint density at radius 3 is 1.53 bits per heavy atom. The summed E-state index contributed by atoms with van der Waals surface area (Å²) in [4.78, 5) is 2.87. The fourth-order valence-corrected chi connectivity index (χ4v) is 4.17. The number of rotatable bonds is 4. The molecule has 0 aliphatic heterocycles. The first kappa shape index (κ1) is 13.9. The molecule has 17 heavy (non-hydrogen) atoms. The Balaban J connectivity index is 1.93. The second kappa shape index (κ2) is 7.78. The van der Waals surface area contributed by atoms with Gasteiger partial charge in [0.25, 0.3) is 0 Å². The summed E-state index contributed by atoms with van der Waals surface area (Å²) in [5.74, 6) is 0. The molecule has 0 radical (unpaired) electrons. The third-order valence-electron chi connectivity index (χ3n) is 4.68. The standard InChI is InChI=1S/C15H28BrN/c16-12-13-17(15-10-6-3-7-11-15)14-8-4-1-2-5-9-14/h14-15H,1-13H2. The SMILES string of the molecule is BrCCN(C1CCCCCC1)C1CCCCC1. The van der Waals surface area contributed by atoms with Gasteiger partial charge in [-0.15, -0.1) is 0 Å². The number of alkyl halides is 1. The van der Waals surface area contributed by atoms with Crippen molar-refractivity contribution in [2.45, 2.75) is 82.7 Å². The van der Waals surface area contributed by atoms with E-state index < -0.39 is 0 Å². The molecule has 0 amide bonds. The topological polar surface area (TPSA) is 3.24 Å². The Labute approximate surface area is 115 Å². The molecule has 2 aliphatic rings. The fraction of sp³-hybridized carbons (Fsp3) is 1.00. The number of halogens is 1. The van der Waals surface area contributed by atoms with Crippen LogP contribution in [0.5, 0.6) is 0 Å². The van der Waals surface area contributed by atoms with Crippen molar-refractivity contribution >= 4 is 15.9 Å². The molecule has 0 bridgehead atoms. The van der Waals surface area contributed by atoms with E-state index in [-0.39, 0.29) is 0 Å². The third-order valence-corrected chi connectivity index (χ3v) is 5.03. The molecule has 0 aromatic carbocycles. The van der Waals surface area contributed by atoms with E-state index in [9.17, 15) is 0 Å². The van der Waals surface area contributed by atoms with Gasteiger partial charge in [0.2, 0.25) is 0 Å². The molecule has 1 nitrogen and oxygen atoms in total. The van der Waals surface area contributed by atoms with Crippen molar-refractivity contribution < 1.29 is 0 Å². The highest BCUT2D eigenvalue weighted by Gasteiger charge is 2.27. The summed E-state index contributed by atoms with van der Waals surface area (Å²) in [6, 6.07) is 1.81. The molecule has 100 valence electrons. The van der Waals surface area contributed by atoms with E-state index >= 15 is 0 Å². The lowest BCUT2D eigenvalue weighted by molar-refractivity contribution is 0.102. The smallest absolute Gasteiger partial charge is 0.0159 e. The second-order valence-corrected chi connectivity index (χ2v) is 6.66. The Morgan fingerprint density at radius 2 is 1.12 bits per heavy atom. The predicted molar refractivity (Wildman–Crippen MR) is 78.9 cm³/mol. The molecule has 0 saturated heterocycles. The molecule has 2 rings (SSSR count). The Bertz CT molecular complexity index is 193. The summed E-state index contributed by atoms with van der Waals surface area (Å²) < 4.78 is 0. The van der Waals surface area contributed by atoms with Gasteiger partial charge in [0.05, 0.1) is 0 Å². The molecule has 0 N–H and O–H groups in total. The molecule has 2 fully saturated rings. The molecule has 0 spiro atoms. The first-order valence-electron chi connectivity index (χ1n) is 7.73. The number of hydrogen-bond acceptors (Lipinski definition) is 1. The zero-order valence-electron chi connectivity index (χ0n) is 11.2. The van der Waals surface area contributed by atoms with Crippen molar-refractivity contribution in [3.05, 3.63) is 0 Å². The van der Waals surface area contributed by atoms with Gasteiger partial charge >= 0.3 is 0 Å². The fourth-order valence-electron chi connectivity index (χ4n) is 3.76. The number of hydrogen-bond donors (Lipinski definition) is 0. The van der Waals surface area contributed by atoms with Crippen molar-refractivity contribution in [1.82, 2.24) is 4.90 Å². The van der Waals surface area contributed by atoms with E-state index in [0.29, 0.717) is 0 Å². The average molecular weight is 302 g/mol. The van der Waals surface area contributed by atoms with Gasteiger partial charge in [-0.1, -0.05) is 60.9 Å². The van der Waals surface area contributed by atoms with Crippen LogP contribution < -0.4 is 0 Å². The molecule has 0 aromatic heterocycles. The maximum absolute atomic E-state index is 3.66. The summed E-state index contributed by atoms with van der Waals surface area (Å²) in [6.07, 6.45) is 16.1.